The Hall–Kier alpha value is -1.34. The number of morpholine rings is 1. The van der Waals surface area contributed by atoms with Gasteiger partial charge in [0, 0.05) is 13.1 Å². The lowest BCUT2D eigenvalue weighted by Gasteiger charge is -2.43. The van der Waals surface area contributed by atoms with Gasteiger partial charge in [-0.25, -0.2) is 4.79 Å². The Labute approximate surface area is 118 Å². The first-order chi connectivity index (χ1) is 9.32. The van der Waals surface area contributed by atoms with E-state index in [0.717, 1.165) is 0 Å². The zero-order valence-electron chi connectivity index (χ0n) is 11.9. The number of ether oxygens (including phenoxy) is 1. The van der Waals surface area contributed by atoms with Gasteiger partial charge in [-0.1, -0.05) is 0 Å². The predicted octanol–water partition coefficient (Wildman–Crippen LogP) is -0.0154. The molecule has 0 aliphatic carbocycles. The average molecular weight is 286 g/mol. The molecule has 7 nitrogen and oxygen atoms in total. The lowest BCUT2D eigenvalue weighted by molar-refractivity contribution is -0.142. The normalized spacial score (nSPS) is 29.6. The number of hydrogen-bond acceptors (Lipinski definition) is 4. The van der Waals surface area contributed by atoms with E-state index in [4.69, 9.17) is 9.84 Å². The standard InChI is InChI=1S/C13H22N2O5/c1-13(2)8-15(6-10(7-16)20-13)12(19)14-4-3-9(5-14)11(17)18/h9-10,16H,3-8H2,1-2H3,(H,17,18). The number of nitrogens with zero attached hydrogens (tertiary/aromatic N) is 2. The van der Waals surface area contributed by atoms with Gasteiger partial charge in [0.05, 0.1) is 37.3 Å². The highest BCUT2D eigenvalue weighted by Crippen LogP contribution is 2.24. The summed E-state index contributed by atoms with van der Waals surface area (Å²) in [5, 5.41) is 18.2. The molecule has 0 radical (unpaired) electrons. The van der Waals surface area contributed by atoms with Crippen molar-refractivity contribution in [2.24, 2.45) is 5.92 Å². The molecule has 114 valence electrons. The van der Waals surface area contributed by atoms with E-state index in [9.17, 15) is 14.7 Å². The second-order valence-electron chi connectivity index (χ2n) is 6.12. The van der Waals surface area contributed by atoms with Gasteiger partial charge in [-0.3, -0.25) is 4.79 Å². The number of amides is 2. The first-order valence-corrected chi connectivity index (χ1v) is 6.88. The van der Waals surface area contributed by atoms with Gasteiger partial charge in [-0.2, -0.15) is 0 Å². The molecule has 2 N–H and O–H groups in total. The summed E-state index contributed by atoms with van der Waals surface area (Å²) in [6, 6.07) is -0.163. The predicted molar refractivity (Wildman–Crippen MR) is 70.3 cm³/mol. The molecule has 2 atom stereocenters. The minimum atomic E-state index is -0.851. The van der Waals surface area contributed by atoms with Crippen LogP contribution in [0.3, 0.4) is 0 Å². The Morgan fingerprint density at radius 3 is 2.55 bits per heavy atom. The van der Waals surface area contributed by atoms with E-state index in [-0.39, 0.29) is 25.3 Å². The Kier molecular flexibility index (Phi) is 4.19. The van der Waals surface area contributed by atoms with Gasteiger partial charge < -0.3 is 24.7 Å². The highest BCUT2D eigenvalue weighted by molar-refractivity contribution is 5.77. The van der Waals surface area contributed by atoms with Crippen LogP contribution in [0.4, 0.5) is 4.79 Å². The largest absolute Gasteiger partial charge is 0.481 e. The lowest BCUT2D eigenvalue weighted by atomic mass is 10.1. The maximum atomic E-state index is 12.4. The van der Waals surface area contributed by atoms with Gasteiger partial charge in [-0.15, -0.1) is 0 Å². The molecule has 7 heteroatoms. The third kappa shape index (κ3) is 3.21. The molecule has 0 aromatic carbocycles. The van der Waals surface area contributed by atoms with Crippen molar-refractivity contribution in [2.45, 2.75) is 32.0 Å². The molecule has 0 spiro atoms. The van der Waals surface area contributed by atoms with Gasteiger partial charge in [0.15, 0.2) is 0 Å². The highest BCUT2D eigenvalue weighted by atomic mass is 16.5. The minimum absolute atomic E-state index is 0.134. The van der Waals surface area contributed by atoms with Gasteiger partial charge in [-0.05, 0) is 20.3 Å². The minimum Gasteiger partial charge on any atom is -0.481 e. The van der Waals surface area contributed by atoms with Crippen molar-refractivity contribution in [1.29, 1.82) is 0 Å². The molecule has 2 aliphatic heterocycles. The number of aliphatic hydroxyl groups excluding tert-OH is 1. The molecule has 0 saturated carbocycles. The number of likely N-dealkylation sites (tertiary alicyclic amines) is 1. The van der Waals surface area contributed by atoms with E-state index in [2.05, 4.69) is 0 Å². The van der Waals surface area contributed by atoms with E-state index in [1.807, 2.05) is 13.8 Å². The van der Waals surface area contributed by atoms with Crippen molar-refractivity contribution >= 4 is 12.0 Å². The molecular weight excluding hydrogens is 264 g/mol. The van der Waals surface area contributed by atoms with Crippen molar-refractivity contribution in [3.8, 4) is 0 Å². The molecule has 2 aliphatic rings. The van der Waals surface area contributed by atoms with Crippen molar-refractivity contribution in [1.82, 2.24) is 9.80 Å². The number of carboxylic acid groups (broad SMARTS) is 1. The summed E-state index contributed by atoms with van der Waals surface area (Å²) in [6.45, 7) is 5.12. The van der Waals surface area contributed by atoms with Crippen molar-refractivity contribution in [2.75, 3.05) is 32.8 Å². The molecule has 2 fully saturated rings. The number of carbonyl (C=O) groups excluding carboxylic acids is 1. The number of urea groups is 1. The Bertz CT molecular complexity index is 398. The highest BCUT2D eigenvalue weighted by Gasteiger charge is 2.39. The van der Waals surface area contributed by atoms with Crippen molar-refractivity contribution in [3.05, 3.63) is 0 Å². The number of aliphatic carboxylic acids is 1. The molecule has 2 rings (SSSR count). The van der Waals surface area contributed by atoms with Crippen LogP contribution in [-0.4, -0.2) is 76.5 Å². The number of hydrogen-bond donors (Lipinski definition) is 2. The number of aliphatic hydroxyl groups is 1. The molecule has 0 aromatic heterocycles. The summed E-state index contributed by atoms with van der Waals surface area (Å²) in [7, 11) is 0. The zero-order chi connectivity index (χ0) is 14.9. The third-order valence-electron chi connectivity index (χ3n) is 3.76. The Balaban J connectivity index is 2.00. The molecule has 20 heavy (non-hydrogen) atoms. The topological polar surface area (TPSA) is 90.3 Å². The average Bonchev–Trinajstić information content (AvgIpc) is 2.85. The first-order valence-electron chi connectivity index (χ1n) is 6.88. The molecular formula is C13H22N2O5. The first kappa shape index (κ1) is 15.1. The fourth-order valence-corrected chi connectivity index (χ4v) is 2.87. The fourth-order valence-electron chi connectivity index (χ4n) is 2.87. The fraction of sp³-hybridized carbons (Fsp3) is 0.846. The van der Waals surface area contributed by atoms with Gasteiger partial charge in [0.25, 0.3) is 0 Å². The Morgan fingerprint density at radius 2 is 2.00 bits per heavy atom. The van der Waals surface area contributed by atoms with E-state index in [0.29, 0.717) is 26.1 Å². The van der Waals surface area contributed by atoms with Crippen molar-refractivity contribution in [3.63, 3.8) is 0 Å². The van der Waals surface area contributed by atoms with E-state index >= 15 is 0 Å². The van der Waals surface area contributed by atoms with Crippen LogP contribution in [0.25, 0.3) is 0 Å². The smallest absolute Gasteiger partial charge is 0.320 e. The van der Waals surface area contributed by atoms with E-state index < -0.39 is 17.5 Å². The van der Waals surface area contributed by atoms with Crippen LogP contribution in [-0.2, 0) is 9.53 Å². The summed E-state index contributed by atoms with van der Waals surface area (Å²) < 4.78 is 5.67. The van der Waals surface area contributed by atoms with Gasteiger partial charge in [0.2, 0.25) is 0 Å². The van der Waals surface area contributed by atoms with E-state index in [1.54, 1.807) is 9.80 Å². The van der Waals surface area contributed by atoms with Crippen LogP contribution in [0.15, 0.2) is 0 Å². The summed E-state index contributed by atoms with van der Waals surface area (Å²) in [5.41, 5.74) is -0.507. The SMILES string of the molecule is CC1(C)CN(C(=O)N2CCC(C(=O)O)C2)CC(CO)O1. The van der Waals surface area contributed by atoms with Crippen molar-refractivity contribution < 1.29 is 24.5 Å². The summed E-state index contributed by atoms with van der Waals surface area (Å²) in [5.74, 6) is -1.32. The maximum absolute atomic E-state index is 12.4. The number of carbonyl (C=O) groups is 2. The second kappa shape index (κ2) is 5.57. The zero-order valence-corrected chi connectivity index (χ0v) is 11.9. The number of rotatable bonds is 2. The Morgan fingerprint density at radius 1 is 1.30 bits per heavy atom. The maximum Gasteiger partial charge on any atom is 0.320 e. The molecule has 2 unspecified atom stereocenters. The van der Waals surface area contributed by atoms with Crippen LogP contribution in [0.5, 0.6) is 0 Å². The quantitative estimate of drug-likeness (QED) is 0.745. The van der Waals surface area contributed by atoms with Crippen LogP contribution >= 0.6 is 0 Å². The summed E-state index contributed by atoms with van der Waals surface area (Å²) >= 11 is 0. The summed E-state index contributed by atoms with van der Waals surface area (Å²) in [4.78, 5) is 26.6. The van der Waals surface area contributed by atoms with Crippen LogP contribution < -0.4 is 0 Å². The van der Waals surface area contributed by atoms with Crippen LogP contribution in [0.2, 0.25) is 0 Å². The molecule has 0 aromatic rings. The van der Waals surface area contributed by atoms with Crippen LogP contribution in [0.1, 0.15) is 20.3 Å². The van der Waals surface area contributed by atoms with Gasteiger partial charge >= 0.3 is 12.0 Å². The van der Waals surface area contributed by atoms with E-state index in [1.165, 1.54) is 0 Å². The van der Waals surface area contributed by atoms with Gasteiger partial charge in [0.1, 0.15) is 0 Å². The molecule has 0 bridgehead atoms. The molecule has 2 amide bonds. The monoisotopic (exact) mass is 286 g/mol. The molecule has 2 saturated heterocycles. The summed E-state index contributed by atoms with van der Waals surface area (Å²) in [6.07, 6.45) is 0.110. The third-order valence-corrected chi connectivity index (χ3v) is 3.76. The lowest BCUT2D eigenvalue weighted by Crippen LogP contribution is -2.58. The second-order valence-corrected chi connectivity index (χ2v) is 6.12. The number of carboxylic acids is 1. The molecule has 2 heterocycles. The van der Waals surface area contributed by atoms with Crippen LogP contribution in [0, 0.1) is 5.92 Å².